The van der Waals surface area contributed by atoms with Crippen LogP contribution >= 0.6 is 0 Å². The van der Waals surface area contributed by atoms with Crippen molar-refractivity contribution < 1.29 is 14.4 Å². The van der Waals surface area contributed by atoms with Crippen molar-refractivity contribution in [2.75, 3.05) is 44.2 Å². The number of nitrogens with one attached hydrogen (secondary N) is 1. The number of likely N-dealkylation sites (tertiary alicyclic amines) is 1. The highest BCUT2D eigenvalue weighted by Crippen LogP contribution is 2.32. The van der Waals surface area contributed by atoms with E-state index in [0.29, 0.717) is 30.8 Å². The van der Waals surface area contributed by atoms with Crippen molar-refractivity contribution in [2.24, 2.45) is 0 Å². The molecule has 3 aliphatic rings. The number of amides is 3. The van der Waals surface area contributed by atoms with E-state index in [2.05, 4.69) is 10.2 Å². The molecule has 3 heterocycles. The van der Waals surface area contributed by atoms with Gasteiger partial charge in [-0.25, -0.2) is 0 Å². The molecule has 162 valence electrons. The largest absolute Gasteiger partial charge is 0.355 e. The fraction of sp³-hybridized carbons (Fsp3) is 0.609. The molecule has 0 aliphatic carbocycles. The third kappa shape index (κ3) is 4.36. The highest BCUT2D eigenvalue weighted by atomic mass is 16.2. The van der Waals surface area contributed by atoms with E-state index >= 15 is 0 Å². The number of piperidine rings is 1. The topological polar surface area (TPSA) is 73.0 Å². The summed E-state index contributed by atoms with van der Waals surface area (Å²) in [5.41, 5.74) is 2.04. The number of benzene rings is 1. The van der Waals surface area contributed by atoms with Gasteiger partial charge in [0.15, 0.2) is 0 Å². The number of carbonyl (C=O) groups excluding carboxylic acids is 3. The Morgan fingerprint density at radius 1 is 1.10 bits per heavy atom. The zero-order valence-corrected chi connectivity index (χ0v) is 17.9. The van der Waals surface area contributed by atoms with E-state index in [1.807, 2.05) is 19.1 Å². The van der Waals surface area contributed by atoms with E-state index in [1.54, 1.807) is 11.0 Å². The van der Waals surface area contributed by atoms with Crippen LogP contribution in [-0.4, -0.2) is 72.8 Å². The van der Waals surface area contributed by atoms with E-state index in [1.165, 1.54) is 24.2 Å². The molecule has 1 N–H and O–H groups in total. The van der Waals surface area contributed by atoms with E-state index in [9.17, 15) is 14.4 Å². The van der Waals surface area contributed by atoms with Crippen LogP contribution in [0.4, 0.5) is 5.69 Å². The molecule has 30 heavy (non-hydrogen) atoms. The summed E-state index contributed by atoms with van der Waals surface area (Å²) < 4.78 is 0. The summed E-state index contributed by atoms with van der Waals surface area (Å²) in [6.45, 7) is 6.39. The number of hydrogen-bond acceptors (Lipinski definition) is 4. The van der Waals surface area contributed by atoms with E-state index in [-0.39, 0.29) is 24.3 Å². The van der Waals surface area contributed by atoms with Crippen molar-refractivity contribution in [1.82, 2.24) is 15.1 Å². The van der Waals surface area contributed by atoms with Crippen molar-refractivity contribution in [1.29, 1.82) is 0 Å². The minimum absolute atomic E-state index is 0.0454. The molecule has 0 spiro atoms. The van der Waals surface area contributed by atoms with Gasteiger partial charge in [0.1, 0.15) is 12.6 Å². The van der Waals surface area contributed by atoms with Gasteiger partial charge in [0.05, 0.1) is 11.3 Å². The van der Waals surface area contributed by atoms with Crippen molar-refractivity contribution in [3.8, 4) is 0 Å². The standard InChI is InChI=1S/C23H32N4O3/c1-17-8-9-19-18(15-17)22(29)26-14-5-7-20(26)23(30)27(19)16-21(28)24-10-6-13-25-11-3-2-4-12-25/h8-9,15,20H,2-7,10-14,16H2,1H3,(H,24,28). The van der Waals surface area contributed by atoms with Crippen molar-refractivity contribution >= 4 is 23.4 Å². The molecule has 0 aromatic heterocycles. The number of nitrogens with zero attached hydrogens (tertiary/aromatic N) is 3. The predicted molar refractivity (Wildman–Crippen MR) is 116 cm³/mol. The van der Waals surface area contributed by atoms with Crippen LogP contribution in [0.25, 0.3) is 0 Å². The van der Waals surface area contributed by atoms with Crippen molar-refractivity contribution in [2.45, 2.75) is 51.5 Å². The lowest BCUT2D eigenvalue weighted by atomic mass is 10.1. The molecule has 1 atom stereocenters. The Labute approximate surface area is 178 Å². The Balaban J connectivity index is 1.41. The summed E-state index contributed by atoms with van der Waals surface area (Å²) in [6, 6.07) is 5.05. The molecule has 7 heteroatoms. The minimum atomic E-state index is -0.461. The van der Waals surface area contributed by atoms with Gasteiger partial charge in [0.25, 0.3) is 5.91 Å². The quantitative estimate of drug-likeness (QED) is 0.725. The number of aryl methyl sites for hydroxylation is 1. The van der Waals surface area contributed by atoms with Gasteiger partial charge in [-0.3, -0.25) is 14.4 Å². The number of carbonyl (C=O) groups is 3. The monoisotopic (exact) mass is 412 g/mol. The lowest BCUT2D eigenvalue weighted by molar-refractivity contribution is -0.125. The highest BCUT2D eigenvalue weighted by Gasteiger charge is 2.42. The maximum absolute atomic E-state index is 13.2. The Bertz CT molecular complexity index is 819. The van der Waals surface area contributed by atoms with Gasteiger partial charge < -0.3 is 20.0 Å². The summed E-state index contributed by atoms with van der Waals surface area (Å²) in [5.74, 6) is -0.423. The van der Waals surface area contributed by atoms with Gasteiger partial charge in [-0.1, -0.05) is 18.1 Å². The second-order valence-electron chi connectivity index (χ2n) is 8.71. The van der Waals surface area contributed by atoms with Crippen molar-refractivity contribution in [3.63, 3.8) is 0 Å². The van der Waals surface area contributed by atoms with Gasteiger partial charge in [0.2, 0.25) is 11.8 Å². The first kappa shape index (κ1) is 20.8. The summed E-state index contributed by atoms with van der Waals surface area (Å²) in [4.78, 5) is 44.6. The lowest BCUT2D eigenvalue weighted by Gasteiger charge is -2.27. The average molecular weight is 413 g/mol. The van der Waals surface area contributed by atoms with E-state index in [0.717, 1.165) is 38.0 Å². The Morgan fingerprint density at radius 2 is 1.90 bits per heavy atom. The van der Waals surface area contributed by atoms with Crippen molar-refractivity contribution in [3.05, 3.63) is 29.3 Å². The van der Waals surface area contributed by atoms with Crippen LogP contribution < -0.4 is 10.2 Å². The van der Waals surface area contributed by atoms with Gasteiger partial charge in [0, 0.05) is 13.1 Å². The molecule has 0 saturated carbocycles. The zero-order valence-electron chi connectivity index (χ0n) is 17.9. The fourth-order valence-electron chi connectivity index (χ4n) is 4.85. The molecule has 3 aliphatic heterocycles. The number of anilines is 1. The first-order valence-corrected chi connectivity index (χ1v) is 11.3. The number of fused-ring (bicyclic) bond motifs is 2. The minimum Gasteiger partial charge on any atom is -0.355 e. The van der Waals surface area contributed by atoms with Crippen LogP contribution in [0.3, 0.4) is 0 Å². The van der Waals surface area contributed by atoms with E-state index < -0.39 is 6.04 Å². The molecular weight excluding hydrogens is 380 g/mol. The fourth-order valence-corrected chi connectivity index (χ4v) is 4.85. The van der Waals surface area contributed by atoms with Crippen LogP contribution in [0.2, 0.25) is 0 Å². The van der Waals surface area contributed by atoms with Crippen LogP contribution in [0.1, 0.15) is 54.4 Å². The Kier molecular flexibility index (Phi) is 6.37. The predicted octanol–water partition coefficient (Wildman–Crippen LogP) is 1.94. The first-order chi connectivity index (χ1) is 14.5. The zero-order chi connectivity index (χ0) is 21.1. The maximum atomic E-state index is 13.2. The van der Waals surface area contributed by atoms with Gasteiger partial charge in [-0.2, -0.15) is 0 Å². The van der Waals surface area contributed by atoms with Gasteiger partial charge in [-0.15, -0.1) is 0 Å². The van der Waals surface area contributed by atoms with Crippen LogP contribution in [0, 0.1) is 6.92 Å². The third-order valence-electron chi connectivity index (χ3n) is 6.46. The lowest BCUT2D eigenvalue weighted by Crippen LogP contribution is -2.48. The number of hydrogen-bond donors (Lipinski definition) is 1. The SMILES string of the molecule is Cc1ccc2c(c1)C(=O)N1CCCC1C(=O)N2CC(=O)NCCCN1CCCCC1. The molecule has 4 rings (SSSR count). The molecule has 0 radical (unpaired) electrons. The van der Waals surface area contributed by atoms with Gasteiger partial charge in [-0.05, 0) is 70.8 Å². The molecular formula is C23H32N4O3. The molecule has 0 bridgehead atoms. The molecule has 7 nitrogen and oxygen atoms in total. The summed E-state index contributed by atoms with van der Waals surface area (Å²) >= 11 is 0. The normalized spacial score (nSPS) is 22.0. The second-order valence-corrected chi connectivity index (χ2v) is 8.71. The molecule has 3 amide bonds. The molecule has 1 aromatic carbocycles. The smallest absolute Gasteiger partial charge is 0.256 e. The Hall–Kier alpha value is -2.41. The summed E-state index contributed by atoms with van der Waals surface area (Å²) in [5, 5.41) is 2.97. The third-order valence-corrected chi connectivity index (χ3v) is 6.46. The maximum Gasteiger partial charge on any atom is 0.256 e. The summed E-state index contributed by atoms with van der Waals surface area (Å²) in [6.07, 6.45) is 6.23. The molecule has 2 saturated heterocycles. The van der Waals surface area contributed by atoms with Crippen LogP contribution in [0.15, 0.2) is 18.2 Å². The molecule has 2 fully saturated rings. The van der Waals surface area contributed by atoms with Crippen LogP contribution in [0.5, 0.6) is 0 Å². The van der Waals surface area contributed by atoms with Gasteiger partial charge >= 0.3 is 0 Å². The molecule has 1 aromatic rings. The average Bonchev–Trinajstić information content (AvgIpc) is 3.22. The highest BCUT2D eigenvalue weighted by molar-refractivity contribution is 6.12. The van der Waals surface area contributed by atoms with E-state index in [4.69, 9.17) is 0 Å². The first-order valence-electron chi connectivity index (χ1n) is 11.3. The Morgan fingerprint density at radius 3 is 2.70 bits per heavy atom. The summed E-state index contributed by atoms with van der Waals surface area (Å²) in [7, 11) is 0. The van der Waals surface area contributed by atoms with Crippen LogP contribution in [-0.2, 0) is 9.59 Å². The second kappa shape index (κ2) is 9.16. The number of rotatable bonds is 6. The molecule has 1 unspecified atom stereocenters.